The Hall–Kier alpha value is -3.03. The number of guanidine groups is 1. The van der Waals surface area contributed by atoms with Crippen molar-refractivity contribution in [1.29, 1.82) is 0 Å². The Kier molecular flexibility index (Phi) is 4.28. The Morgan fingerprint density at radius 2 is 1.86 bits per heavy atom. The quantitative estimate of drug-likeness (QED) is 0.749. The fourth-order valence-corrected chi connectivity index (χ4v) is 3.79. The first-order chi connectivity index (χ1) is 13.3. The van der Waals surface area contributed by atoms with Gasteiger partial charge in [-0.05, 0) is 33.3 Å². The number of amides is 3. The van der Waals surface area contributed by atoms with Crippen LogP contribution in [0, 0.1) is 0 Å². The Labute approximate surface area is 164 Å². The first kappa shape index (κ1) is 18.3. The first-order valence-electron chi connectivity index (χ1n) is 9.52. The van der Waals surface area contributed by atoms with E-state index in [0.717, 1.165) is 11.3 Å². The fraction of sp³-hybridized carbons (Fsp3) is 0.450. The molecule has 2 atom stereocenters. The number of aliphatic imine (C=N–C) groups is 1. The molecule has 1 aromatic carbocycles. The zero-order valence-electron chi connectivity index (χ0n) is 16.8. The summed E-state index contributed by atoms with van der Waals surface area (Å²) in [7, 11) is 1.68. The van der Waals surface area contributed by atoms with E-state index in [1.54, 1.807) is 7.05 Å². The molecule has 3 aliphatic rings. The van der Waals surface area contributed by atoms with Gasteiger partial charge in [0.25, 0.3) is 5.91 Å². The van der Waals surface area contributed by atoms with E-state index in [9.17, 15) is 9.59 Å². The van der Waals surface area contributed by atoms with E-state index in [4.69, 9.17) is 0 Å². The molecule has 3 heterocycles. The molecule has 2 unspecified atom stereocenters. The molecule has 1 aromatic rings. The number of benzene rings is 1. The maximum absolute atomic E-state index is 13.4. The summed E-state index contributed by atoms with van der Waals surface area (Å²) in [5.74, 6) is 0.852. The van der Waals surface area contributed by atoms with Gasteiger partial charge in [-0.3, -0.25) is 14.6 Å². The zero-order valence-corrected chi connectivity index (χ0v) is 16.8. The van der Waals surface area contributed by atoms with Crippen molar-refractivity contribution >= 4 is 29.4 Å². The number of nitrogens with zero attached hydrogens (tertiary/aromatic N) is 6. The molecule has 0 N–H and O–H groups in total. The Balaban J connectivity index is 1.75. The molecule has 3 amide bonds. The van der Waals surface area contributed by atoms with Crippen molar-refractivity contribution in [2.24, 2.45) is 10.1 Å². The van der Waals surface area contributed by atoms with Crippen LogP contribution in [0.1, 0.15) is 33.3 Å². The molecule has 146 valence electrons. The van der Waals surface area contributed by atoms with Gasteiger partial charge in [0, 0.05) is 7.05 Å². The minimum atomic E-state index is -0.622. The van der Waals surface area contributed by atoms with Gasteiger partial charge in [-0.1, -0.05) is 35.3 Å². The molecule has 28 heavy (non-hydrogen) atoms. The van der Waals surface area contributed by atoms with Crippen molar-refractivity contribution in [3.8, 4) is 0 Å². The topological polar surface area (TPSA) is 71.6 Å². The first-order valence-corrected chi connectivity index (χ1v) is 9.52. The average Bonchev–Trinajstić information content (AvgIpc) is 3.08. The molecule has 0 spiro atoms. The Bertz CT molecular complexity index is 933. The number of urea groups is 1. The maximum Gasteiger partial charge on any atom is 0.417 e. The van der Waals surface area contributed by atoms with Gasteiger partial charge >= 0.3 is 12.0 Å². The fourth-order valence-electron chi connectivity index (χ4n) is 3.79. The van der Waals surface area contributed by atoms with E-state index >= 15 is 0 Å². The van der Waals surface area contributed by atoms with Gasteiger partial charge in [0.05, 0.1) is 18.3 Å². The summed E-state index contributed by atoms with van der Waals surface area (Å²) in [4.78, 5) is 33.8. The molecule has 8 nitrogen and oxygen atoms in total. The lowest BCUT2D eigenvalue weighted by molar-refractivity contribution is -0.559. The van der Waals surface area contributed by atoms with Crippen molar-refractivity contribution in [2.45, 2.75) is 52.4 Å². The van der Waals surface area contributed by atoms with Gasteiger partial charge in [-0.25, -0.2) is 9.37 Å². The van der Waals surface area contributed by atoms with E-state index in [1.165, 1.54) is 9.80 Å². The normalized spacial score (nSPS) is 24.6. The lowest BCUT2D eigenvalue weighted by Gasteiger charge is -2.35. The number of hydrazone groups is 1. The Morgan fingerprint density at radius 3 is 2.50 bits per heavy atom. The summed E-state index contributed by atoms with van der Waals surface area (Å²) in [6, 6.07) is 8.57. The number of fused-ring (bicyclic) bond motifs is 2. The van der Waals surface area contributed by atoms with Crippen LogP contribution in [0.25, 0.3) is 0 Å². The number of hydrogen-bond donors (Lipinski definition) is 0. The van der Waals surface area contributed by atoms with Crippen molar-refractivity contribution in [2.75, 3.05) is 7.05 Å². The van der Waals surface area contributed by atoms with Crippen molar-refractivity contribution < 1.29 is 14.2 Å². The van der Waals surface area contributed by atoms with Gasteiger partial charge in [-0.15, -0.1) is 10.1 Å². The minimum Gasteiger partial charge on any atom is -0.270 e. The number of imide groups is 1. The van der Waals surface area contributed by atoms with Gasteiger partial charge < -0.3 is 0 Å². The predicted octanol–water partition coefficient (Wildman–Crippen LogP) is 1.72. The molecule has 1 saturated heterocycles. The number of amidine groups is 1. The lowest BCUT2D eigenvalue weighted by Crippen LogP contribution is -2.64. The van der Waals surface area contributed by atoms with Gasteiger partial charge in [-0.2, -0.15) is 0 Å². The smallest absolute Gasteiger partial charge is 0.270 e. The van der Waals surface area contributed by atoms with E-state index < -0.39 is 6.04 Å². The second kappa shape index (κ2) is 6.54. The second-order valence-corrected chi connectivity index (χ2v) is 7.69. The van der Waals surface area contributed by atoms with Gasteiger partial charge in [0.15, 0.2) is 0 Å². The molecular weight excluding hydrogens is 356 g/mol. The number of hydrogen-bond acceptors (Lipinski definition) is 5. The van der Waals surface area contributed by atoms with Crippen LogP contribution in [-0.4, -0.2) is 74.0 Å². The molecule has 0 saturated carbocycles. The summed E-state index contributed by atoms with van der Waals surface area (Å²) in [6.07, 6.45) is 0. The zero-order chi connectivity index (χ0) is 20.2. The number of likely N-dealkylation sites (N-methyl/N-ethyl adjacent to an activating group) is 1. The third-order valence-electron chi connectivity index (χ3n) is 5.49. The van der Waals surface area contributed by atoms with E-state index in [-0.39, 0.29) is 30.6 Å². The predicted molar refractivity (Wildman–Crippen MR) is 106 cm³/mol. The highest BCUT2D eigenvalue weighted by molar-refractivity contribution is 6.23. The summed E-state index contributed by atoms with van der Waals surface area (Å²) in [5.41, 5.74) is 1.82. The molecule has 3 aliphatic heterocycles. The highest BCUT2D eigenvalue weighted by Crippen LogP contribution is 2.27. The molecule has 4 rings (SSSR count). The van der Waals surface area contributed by atoms with E-state index in [2.05, 4.69) is 10.1 Å². The van der Waals surface area contributed by atoms with Crippen LogP contribution in [0.3, 0.4) is 0 Å². The SMILES string of the molecule is CC1=NN(C(C)C)C2=[N+](C1C)C1C(=O)N(Cc3ccccc3)C(=O)N(C)C1=N2. The van der Waals surface area contributed by atoms with Crippen molar-refractivity contribution in [3.05, 3.63) is 35.9 Å². The minimum absolute atomic E-state index is 0.0830. The third kappa shape index (κ3) is 2.63. The number of carbonyl (C=O) groups is 2. The van der Waals surface area contributed by atoms with Crippen LogP contribution in [0.4, 0.5) is 4.79 Å². The Morgan fingerprint density at radius 1 is 1.18 bits per heavy atom. The van der Waals surface area contributed by atoms with Crippen LogP contribution in [0.15, 0.2) is 40.4 Å². The molecule has 8 heteroatoms. The van der Waals surface area contributed by atoms with Gasteiger partial charge in [0.2, 0.25) is 11.9 Å². The summed E-state index contributed by atoms with van der Waals surface area (Å²) < 4.78 is 1.99. The summed E-state index contributed by atoms with van der Waals surface area (Å²) in [5, 5.41) is 6.48. The van der Waals surface area contributed by atoms with Crippen molar-refractivity contribution in [3.63, 3.8) is 0 Å². The number of carbonyl (C=O) groups excluding carboxylic acids is 2. The average molecular weight is 381 g/mol. The highest BCUT2D eigenvalue weighted by atomic mass is 16.2. The van der Waals surface area contributed by atoms with Crippen LogP contribution in [0.5, 0.6) is 0 Å². The molecule has 0 aliphatic carbocycles. The van der Waals surface area contributed by atoms with Gasteiger partial charge in [0.1, 0.15) is 6.04 Å². The largest absolute Gasteiger partial charge is 0.417 e. The molecule has 0 radical (unpaired) electrons. The molecular formula is C20H25N6O2+. The molecule has 0 bridgehead atoms. The van der Waals surface area contributed by atoms with Crippen LogP contribution in [0.2, 0.25) is 0 Å². The molecule has 0 aromatic heterocycles. The van der Waals surface area contributed by atoms with Crippen LogP contribution in [-0.2, 0) is 11.3 Å². The summed E-state index contributed by atoms with van der Waals surface area (Å²) in [6.45, 7) is 8.26. The van der Waals surface area contributed by atoms with Crippen LogP contribution < -0.4 is 0 Å². The number of rotatable bonds is 3. The molecule has 1 fully saturated rings. The lowest BCUT2D eigenvalue weighted by atomic mass is 10.1. The maximum atomic E-state index is 13.4. The second-order valence-electron chi connectivity index (χ2n) is 7.69. The monoisotopic (exact) mass is 381 g/mol. The highest BCUT2D eigenvalue weighted by Gasteiger charge is 2.56. The van der Waals surface area contributed by atoms with Crippen molar-refractivity contribution in [1.82, 2.24) is 14.8 Å². The third-order valence-corrected chi connectivity index (χ3v) is 5.49. The van der Waals surface area contributed by atoms with E-state index in [1.807, 2.05) is 67.6 Å². The standard InChI is InChI=1S/C20H25N6O2/c1-12(2)26-19-21-17-16(25(19)14(4)13(3)22-26)18(27)24(20(28)23(17)5)11-15-9-7-6-8-10-15/h6-10,12,14,16H,11H2,1-5H3/q+1. The van der Waals surface area contributed by atoms with E-state index in [0.29, 0.717) is 11.8 Å². The summed E-state index contributed by atoms with van der Waals surface area (Å²) >= 11 is 0. The van der Waals surface area contributed by atoms with Crippen LogP contribution >= 0.6 is 0 Å².